The van der Waals surface area contributed by atoms with Crippen molar-refractivity contribution in [2.75, 3.05) is 19.0 Å². The van der Waals surface area contributed by atoms with Gasteiger partial charge >= 0.3 is 0 Å². The van der Waals surface area contributed by atoms with Crippen molar-refractivity contribution < 1.29 is 4.79 Å². The summed E-state index contributed by atoms with van der Waals surface area (Å²) in [5, 5.41) is 0.343. The molecule has 2 unspecified atom stereocenters. The summed E-state index contributed by atoms with van der Waals surface area (Å²) < 4.78 is 0. The minimum atomic E-state index is 0.126. The second kappa shape index (κ2) is 7.52. The molecule has 4 heteroatoms. The Morgan fingerprint density at radius 3 is 2.46 bits per heavy atom. The summed E-state index contributed by atoms with van der Waals surface area (Å²) in [5.41, 5.74) is 1.00. The highest BCUT2D eigenvalue weighted by atomic mass is 35.5. The molecule has 3 aliphatic rings. The van der Waals surface area contributed by atoms with E-state index >= 15 is 0 Å². The SMILES string of the molecule is CN(C(=O)C1C2CC[C@H](C[C@@H]1C1CCC(Cl)CC1)N2C)c1ccccc1. The first kappa shape index (κ1) is 18.3. The Bertz CT molecular complexity index is 628. The fourth-order valence-corrected chi connectivity index (χ4v) is 6.10. The van der Waals surface area contributed by atoms with Gasteiger partial charge in [0.1, 0.15) is 0 Å². The van der Waals surface area contributed by atoms with E-state index in [9.17, 15) is 4.79 Å². The first-order valence-electron chi connectivity index (χ1n) is 10.2. The van der Waals surface area contributed by atoms with E-state index in [1.54, 1.807) is 0 Å². The van der Waals surface area contributed by atoms with E-state index in [-0.39, 0.29) is 5.92 Å². The van der Waals surface area contributed by atoms with Crippen LogP contribution in [0.25, 0.3) is 0 Å². The van der Waals surface area contributed by atoms with Gasteiger partial charge in [0.05, 0.1) is 5.92 Å². The number of benzene rings is 1. The molecule has 1 saturated carbocycles. The average molecular weight is 375 g/mol. The van der Waals surface area contributed by atoms with Gasteiger partial charge in [-0.05, 0) is 76.0 Å². The maximum atomic E-state index is 13.6. The smallest absolute Gasteiger partial charge is 0.231 e. The Balaban J connectivity index is 1.59. The molecule has 3 fully saturated rings. The van der Waals surface area contributed by atoms with E-state index in [0.29, 0.717) is 35.2 Å². The van der Waals surface area contributed by atoms with Gasteiger partial charge in [0, 0.05) is 30.2 Å². The molecule has 2 aliphatic heterocycles. The lowest BCUT2D eigenvalue weighted by molar-refractivity contribution is -0.129. The van der Waals surface area contributed by atoms with Crippen molar-refractivity contribution in [3.8, 4) is 0 Å². The molecule has 1 aliphatic carbocycles. The van der Waals surface area contributed by atoms with Gasteiger partial charge in [0.15, 0.2) is 0 Å². The van der Waals surface area contributed by atoms with Crippen molar-refractivity contribution >= 4 is 23.2 Å². The van der Waals surface area contributed by atoms with Crippen LogP contribution >= 0.6 is 11.6 Å². The van der Waals surface area contributed by atoms with Gasteiger partial charge in [-0.25, -0.2) is 0 Å². The van der Waals surface area contributed by atoms with Crippen molar-refractivity contribution in [1.82, 2.24) is 4.90 Å². The minimum Gasteiger partial charge on any atom is -0.315 e. The third-order valence-electron chi connectivity index (χ3n) is 7.38. The van der Waals surface area contributed by atoms with Crippen LogP contribution in [0.3, 0.4) is 0 Å². The molecule has 0 N–H and O–H groups in total. The summed E-state index contributed by atoms with van der Waals surface area (Å²) in [6, 6.07) is 11.2. The first-order chi connectivity index (χ1) is 12.6. The summed E-state index contributed by atoms with van der Waals surface area (Å²) in [4.78, 5) is 18.0. The Kier molecular flexibility index (Phi) is 5.29. The van der Waals surface area contributed by atoms with E-state index < -0.39 is 0 Å². The summed E-state index contributed by atoms with van der Waals surface area (Å²) in [6.45, 7) is 0. The number of para-hydroxylation sites is 1. The Morgan fingerprint density at radius 1 is 1.08 bits per heavy atom. The van der Waals surface area contributed by atoms with Gasteiger partial charge in [0.2, 0.25) is 5.91 Å². The van der Waals surface area contributed by atoms with Gasteiger partial charge in [-0.15, -0.1) is 11.6 Å². The zero-order valence-electron chi connectivity index (χ0n) is 16.0. The van der Waals surface area contributed by atoms with Crippen molar-refractivity contribution in [3.05, 3.63) is 30.3 Å². The molecular formula is C22H31ClN2O. The largest absolute Gasteiger partial charge is 0.315 e. The molecule has 0 aromatic heterocycles. The number of halogens is 1. The number of piperidine rings is 1. The van der Waals surface area contributed by atoms with Crippen molar-refractivity contribution in [3.63, 3.8) is 0 Å². The Hall–Kier alpha value is -1.06. The number of carbonyl (C=O) groups excluding carboxylic acids is 1. The van der Waals surface area contributed by atoms with Gasteiger partial charge in [-0.2, -0.15) is 0 Å². The lowest BCUT2D eigenvalue weighted by Gasteiger charge is -2.47. The van der Waals surface area contributed by atoms with Crippen LogP contribution in [0.15, 0.2) is 30.3 Å². The van der Waals surface area contributed by atoms with Crippen LogP contribution in [-0.4, -0.2) is 42.4 Å². The molecule has 26 heavy (non-hydrogen) atoms. The number of alkyl halides is 1. The zero-order chi connectivity index (χ0) is 18.3. The molecule has 4 atom stereocenters. The van der Waals surface area contributed by atoms with Gasteiger partial charge in [0.25, 0.3) is 0 Å². The van der Waals surface area contributed by atoms with E-state index in [1.165, 1.54) is 32.1 Å². The monoisotopic (exact) mass is 374 g/mol. The Morgan fingerprint density at radius 2 is 1.77 bits per heavy atom. The van der Waals surface area contributed by atoms with Crippen LogP contribution in [-0.2, 0) is 4.79 Å². The van der Waals surface area contributed by atoms with Crippen molar-refractivity contribution in [1.29, 1.82) is 0 Å². The predicted molar refractivity (Wildman–Crippen MR) is 108 cm³/mol. The number of rotatable bonds is 3. The minimum absolute atomic E-state index is 0.126. The van der Waals surface area contributed by atoms with Crippen LogP contribution in [0, 0.1) is 17.8 Å². The van der Waals surface area contributed by atoms with Crippen LogP contribution in [0.2, 0.25) is 0 Å². The average Bonchev–Trinajstić information content (AvgIpc) is 2.91. The standard InChI is InChI=1S/C22H31ClN2O/c1-24-18-12-13-20(24)21(19(14-18)15-8-10-16(23)11-9-15)22(26)25(2)17-6-4-3-5-7-17/h3-7,15-16,18-21H,8-14H2,1-2H3/t15?,16?,18-,19-,20?,21?/m1/s1. The molecule has 2 bridgehead atoms. The number of anilines is 1. The van der Waals surface area contributed by atoms with Gasteiger partial charge in [-0.3, -0.25) is 9.69 Å². The fraction of sp³-hybridized carbons (Fsp3) is 0.682. The zero-order valence-corrected chi connectivity index (χ0v) is 16.7. The molecule has 142 valence electrons. The third kappa shape index (κ3) is 3.29. The molecule has 0 radical (unpaired) electrons. The van der Waals surface area contributed by atoms with Crippen molar-refractivity contribution in [2.45, 2.75) is 62.4 Å². The molecule has 2 heterocycles. The quantitative estimate of drug-likeness (QED) is 0.725. The fourth-order valence-electron chi connectivity index (χ4n) is 5.85. The van der Waals surface area contributed by atoms with E-state index in [4.69, 9.17) is 11.6 Å². The maximum absolute atomic E-state index is 13.6. The lowest BCUT2D eigenvalue weighted by Crippen LogP contribution is -2.54. The maximum Gasteiger partial charge on any atom is 0.231 e. The van der Waals surface area contributed by atoms with Crippen LogP contribution in [0.4, 0.5) is 5.69 Å². The molecule has 2 saturated heterocycles. The molecule has 1 aromatic rings. The molecule has 4 rings (SSSR count). The van der Waals surface area contributed by atoms with Crippen molar-refractivity contribution in [2.24, 2.45) is 17.8 Å². The van der Waals surface area contributed by atoms with Gasteiger partial charge < -0.3 is 4.90 Å². The van der Waals surface area contributed by atoms with Gasteiger partial charge in [-0.1, -0.05) is 18.2 Å². The molecule has 1 aromatic carbocycles. The highest BCUT2D eigenvalue weighted by molar-refractivity contribution is 6.20. The molecular weight excluding hydrogens is 344 g/mol. The summed E-state index contributed by atoms with van der Waals surface area (Å²) in [7, 11) is 4.18. The van der Waals surface area contributed by atoms with E-state index in [0.717, 1.165) is 18.5 Å². The third-order valence-corrected chi connectivity index (χ3v) is 7.82. The first-order valence-corrected chi connectivity index (χ1v) is 10.7. The number of amides is 1. The lowest BCUT2D eigenvalue weighted by atomic mass is 9.68. The second-order valence-electron chi connectivity index (χ2n) is 8.63. The van der Waals surface area contributed by atoms with E-state index in [1.807, 2.05) is 42.3 Å². The topological polar surface area (TPSA) is 23.6 Å². The summed E-state index contributed by atoms with van der Waals surface area (Å²) in [6.07, 6.45) is 8.22. The molecule has 3 nitrogen and oxygen atoms in total. The number of hydrogen-bond acceptors (Lipinski definition) is 2. The van der Waals surface area contributed by atoms with E-state index in [2.05, 4.69) is 11.9 Å². The van der Waals surface area contributed by atoms with Crippen LogP contribution in [0.5, 0.6) is 0 Å². The van der Waals surface area contributed by atoms with Crippen LogP contribution in [0.1, 0.15) is 44.9 Å². The normalized spacial score (nSPS) is 37.5. The number of carbonyl (C=O) groups is 1. The molecule has 1 amide bonds. The summed E-state index contributed by atoms with van der Waals surface area (Å²) in [5.74, 6) is 1.62. The Labute approximate surface area is 162 Å². The predicted octanol–water partition coefficient (Wildman–Crippen LogP) is 4.55. The number of nitrogens with zero attached hydrogens (tertiary/aromatic N) is 2. The number of hydrogen-bond donors (Lipinski definition) is 0. The molecule has 0 spiro atoms. The highest BCUT2D eigenvalue weighted by Gasteiger charge is 2.51. The summed E-state index contributed by atoms with van der Waals surface area (Å²) >= 11 is 6.36. The highest BCUT2D eigenvalue weighted by Crippen LogP contribution is 2.48. The van der Waals surface area contributed by atoms with Crippen LogP contribution < -0.4 is 4.90 Å². The second-order valence-corrected chi connectivity index (χ2v) is 9.25. The number of fused-ring (bicyclic) bond motifs is 2.